The third-order valence-electron chi connectivity index (χ3n) is 5.70. The maximum absolute atomic E-state index is 12.6. The molecular weight excluding hydrogens is 500 g/mol. The minimum absolute atomic E-state index is 0.110. The van der Waals surface area contributed by atoms with E-state index in [1.54, 1.807) is 60.7 Å². The van der Waals surface area contributed by atoms with Gasteiger partial charge in [-0.25, -0.2) is 0 Å². The van der Waals surface area contributed by atoms with Gasteiger partial charge in [0.2, 0.25) is 0 Å². The van der Waals surface area contributed by atoms with Gasteiger partial charge in [-0.3, -0.25) is 14.4 Å². The van der Waals surface area contributed by atoms with E-state index in [0.717, 1.165) is 0 Å². The molecule has 0 bridgehead atoms. The van der Waals surface area contributed by atoms with Gasteiger partial charge in [0.1, 0.15) is 36.2 Å². The summed E-state index contributed by atoms with van der Waals surface area (Å²) in [5.41, 5.74) is 1.14. The van der Waals surface area contributed by atoms with E-state index < -0.39 is 12.1 Å². The summed E-state index contributed by atoms with van der Waals surface area (Å²) in [4.78, 5) is 36.9. The lowest BCUT2D eigenvalue weighted by Gasteiger charge is -2.19. The normalized spacial score (nSPS) is 10.6. The molecule has 4 aromatic rings. The van der Waals surface area contributed by atoms with Gasteiger partial charge in [0.15, 0.2) is 17.7 Å². The van der Waals surface area contributed by atoms with Gasteiger partial charge in [0, 0.05) is 30.2 Å². The topological polar surface area (TPSA) is 119 Å². The number of hydrogen-bond donors (Lipinski definition) is 2. The van der Waals surface area contributed by atoms with Crippen molar-refractivity contribution in [1.29, 1.82) is 0 Å². The minimum atomic E-state index is -0.831. The van der Waals surface area contributed by atoms with Crippen molar-refractivity contribution in [3.05, 3.63) is 119 Å². The first kappa shape index (κ1) is 26.9. The highest BCUT2D eigenvalue weighted by Gasteiger charge is 2.19. The molecule has 0 amide bonds. The summed E-state index contributed by atoms with van der Waals surface area (Å²) >= 11 is 0. The molecule has 0 radical (unpaired) electrons. The number of phenolic OH excluding ortho intramolecular Hbond substituents is 2. The third kappa shape index (κ3) is 7.01. The van der Waals surface area contributed by atoms with Gasteiger partial charge in [0.25, 0.3) is 0 Å². The molecule has 0 spiro atoms. The Morgan fingerprint density at radius 1 is 0.641 bits per heavy atom. The average Bonchev–Trinajstić information content (AvgIpc) is 2.94. The van der Waals surface area contributed by atoms with Crippen LogP contribution in [0, 0.1) is 0 Å². The van der Waals surface area contributed by atoms with Crippen molar-refractivity contribution >= 4 is 17.5 Å². The number of ketones is 2. The maximum atomic E-state index is 12.6. The van der Waals surface area contributed by atoms with Crippen LogP contribution in [0.15, 0.2) is 97.1 Å². The number of phenols is 2. The van der Waals surface area contributed by atoms with Crippen molar-refractivity contribution in [3.8, 4) is 23.0 Å². The Balaban J connectivity index is 1.38. The maximum Gasteiger partial charge on any atom is 0.303 e. The van der Waals surface area contributed by atoms with E-state index in [0.29, 0.717) is 11.1 Å². The summed E-state index contributed by atoms with van der Waals surface area (Å²) < 4.78 is 16.6. The molecule has 0 fully saturated rings. The smallest absolute Gasteiger partial charge is 0.303 e. The summed E-state index contributed by atoms with van der Waals surface area (Å²) in [6.07, 6.45) is -0.831. The highest BCUT2D eigenvalue weighted by Crippen LogP contribution is 2.28. The summed E-state index contributed by atoms with van der Waals surface area (Å²) in [6.45, 7) is 1.03. The van der Waals surface area contributed by atoms with Crippen LogP contribution in [0.1, 0.15) is 38.8 Å². The van der Waals surface area contributed by atoms with Crippen LogP contribution in [-0.2, 0) is 9.53 Å². The first-order valence-corrected chi connectivity index (χ1v) is 12.1. The lowest BCUT2D eigenvalue weighted by molar-refractivity contribution is -0.149. The number of rotatable bonds is 11. The quantitative estimate of drug-likeness (QED) is 0.208. The van der Waals surface area contributed by atoms with E-state index in [9.17, 15) is 24.6 Å². The number of carbonyl (C=O) groups excluding carboxylic acids is 3. The lowest BCUT2D eigenvalue weighted by atomic mass is 10.0. The highest BCUT2D eigenvalue weighted by atomic mass is 16.6. The van der Waals surface area contributed by atoms with Crippen LogP contribution in [0.2, 0.25) is 0 Å². The predicted octanol–water partition coefficient (Wildman–Crippen LogP) is 4.95. The van der Waals surface area contributed by atoms with E-state index in [4.69, 9.17) is 14.2 Å². The van der Waals surface area contributed by atoms with Crippen LogP contribution in [0.5, 0.6) is 23.0 Å². The molecule has 4 rings (SSSR count). The monoisotopic (exact) mass is 526 g/mol. The van der Waals surface area contributed by atoms with Gasteiger partial charge in [-0.15, -0.1) is 0 Å². The van der Waals surface area contributed by atoms with Gasteiger partial charge in [-0.2, -0.15) is 0 Å². The molecule has 0 aromatic heterocycles. The van der Waals surface area contributed by atoms with E-state index >= 15 is 0 Å². The van der Waals surface area contributed by atoms with Crippen LogP contribution < -0.4 is 9.47 Å². The Morgan fingerprint density at radius 2 is 1.05 bits per heavy atom. The van der Waals surface area contributed by atoms with Gasteiger partial charge in [-0.1, -0.05) is 60.7 Å². The van der Waals surface area contributed by atoms with Crippen LogP contribution >= 0.6 is 0 Å². The summed E-state index contributed by atoms with van der Waals surface area (Å²) in [7, 11) is 0. The van der Waals surface area contributed by atoms with Crippen molar-refractivity contribution in [2.24, 2.45) is 0 Å². The molecule has 0 unspecified atom stereocenters. The SMILES string of the molecule is CC(=O)OC(COc1ccc(C(=O)c2ccccc2)c(O)c1)COc1ccc(C(=O)c2ccccc2)c(O)c1. The van der Waals surface area contributed by atoms with E-state index in [1.807, 2.05) is 0 Å². The second-order valence-corrected chi connectivity index (χ2v) is 8.60. The number of hydrogen-bond acceptors (Lipinski definition) is 8. The molecule has 0 saturated carbocycles. The largest absolute Gasteiger partial charge is 0.507 e. The molecule has 8 heteroatoms. The number of aromatic hydroxyl groups is 2. The molecule has 0 saturated heterocycles. The Morgan fingerprint density at radius 3 is 1.41 bits per heavy atom. The molecule has 0 heterocycles. The standard InChI is InChI=1S/C31H26O8/c1-20(32)39-25(18-37-23-12-14-26(28(33)16-23)30(35)21-8-4-2-5-9-21)19-38-24-13-15-27(29(34)17-24)31(36)22-10-6-3-7-11-22/h2-17,25,33-34H,18-19H2,1H3. The molecule has 2 N–H and O–H groups in total. The molecule has 8 nitrogen and oxygen atoms in total. The number of benzene rings is 4. The molecular formula is C31H26O8. The predicted molar refractivity (Wildman–Crippen MR) is 143 cm³/mol. The van der Waals surface area contributed by atoms with Crippen molar-refractivity contribution < 1.29 is 38.8 Å². The number of ether oxygens (including phenoxy) is 3. The van der Waals surface area contributed by atoms with Crippen LogP contribution in [0.25, 0.3) is 0 Å². The lowest BCUT2D eigenvalue weighted by Crippen LogP contribution is -2.30. The second kappa shape index (κ2) is 12.4. The van der Waals surface area contributed by atoms with Crippen LogP contribution in [0.3, 0.4) is 0 Å². The molecule has 0 aliphatic heterocycles. The zero-order valence-electron chi connectivity index (χ0n) is 21.1. The second-order valence-electron chi connectivity index (χ2n) is 8.60. The molecule has 0 aliphatic rings. The van der Waals surface area contributed by atoms with Gasteiger partial charge >= 0.3 is 5.97 Å². The zero-order chi connectivity index (χ0) is 27.8. The fourth-order valence-electron chi connectivity index (χ4n) is 3.81. The Kier molecular flexibility index (Phi) is 8.58. The number of carbonyl (C=O) groups is 3. The van der Waals surface area contributed by atoms with Crippen molar-refractivity contribution in [3.63, 3.8) is 0 Å². The summed E-state index contributed by atoms with van der Waals surface area (Å²) in [6, 6.07) is 25.7. The van der Waals surface area contributed by atoms with Crippen LogP contribution in [0.4, 0.5) is 0 Å². The van der Waals surface area contributed by atoms with Crippen molar-refractivity contribution in [2.45, 2.75) is 13.0 Å². The molecule has 39 heavy (non-hydrogen) atoms. The van der Waals surface area contributed by atoms with Gasteiger partial charge in [-0.05, 0) is 24.3 Å². The fraction of sp³-hybridized carbons (Fsp3) is 0.129. The Bertz CT molecular complexity index is 1360. The molecule has 4 aromatic carbocycles. The minimum Gasteiger partial charge on any atom is -0.507 e. The molecule has 0 aliphatic carbocycles. The van der Waals surface area contributed by atoms with Crippen molar-refractivity contribution in [2.75, 3.05) is 13.2 Å². The average molecular weight is 527 g/mol. The van der Waals surface area contributed by atoms with Gasteiger partial charge in [0.05, 0.1) is 11.1 Å². The van der Waals surface area contributed by atoms with Crippen LogP contribution in [-0.4, -0.2) is 47.1 Å². The molecule has 198 valence electrons. The van der Waals surface area contributed by atoms with Crippen molar-refractivity contribution in [1.82, 2.24) is 0 Å². The Labute approximate surface area is 225 Å². The fourth-order valence-corrected chi connectivity index (χ4v) is 3.81. The van der Waals surface area contributed by atoms with Gasteiger partial charge < -0.3 is 24.4 Å². The zero-order valence-corrected chi connectivity index (χ0v) is 21.1. The highest BCUT2D eigenvalue weighted by molar-refractivity contribution is 6.11. The summed E-state index contributed by atoms with van der Waals surface area (Å²) in [5, 5.41) is 20.8. The first-order valence-electron chi connectivity index (χ1n) is 12.1. The Hall–Kier alpha value is -5.11. The van der Waals surface area contributed by atoms with E-state index in [2.05, 4.69) is 0 Å². The third-order valence-corrected chi connectivity index (χ3v) is 5.70. The van der Waals surface area contributed by atoms with E-state index in [-0.39, 0.29) is 58.9 Å². The summed E-state index contributed by atoms with van der Waals surface area (Å²) in [5.74, 6) is -1.18. The number of esters is 1. The first-order chi connectivity index (χ1) is 18.8. The van der Waals surface area contributed by atoms with E-state index in [1.165, 1.54) is 43.3 Å². The molecule has 0 atom stereocenters.